The molecule has 0 atom stereocenters. The summed E-state index contributed by atoms with van der Waals surface area (Å²) >= 11 is 0. The number of amides is 1. The van der Waals surface area contributed by atoms with Crippen molar-refractivity contribution in [2.24, 2.45) is 0 Å². The van der Waals surface area contributed by atoms with Crippen molar-refractivity contribution in [3.05, 3.63) is 0 Å². The maximum atomic E-state index is 11.1. The molecule has 65 valence electrons. The first-order chi connectivity index (χ1) is 5.00. The van der Waals surface area contributed by atoms with E-state index in [9.17, 15) is 4.79 Å². The summed E-state index contributed by atoms with van der Waals surface area (Å²) < 4.78 is 0. The van der Waals surface area contributed by atoms with Crippen molar-refractivity contribution < 1.29 is 4.79 Å². The summed E-state index contributed by atoms with van der Waals surface area (Å²) in [5.41, 5.74) is 6.93. The average molecular weight is 157 g/mol. The van der Waals surface area contributed by atoms with Gasteiger partial charge < -0.3 is 4.90 Å². The number of carbonyl (C=O) groups is 1. The first kappa shape index (κ1) is 10.4. The molecular weight excluding hydrogens is 140 g/mol. The van der Waals surface area contributed by atoms with Crippen LogP contribution < -0.4 is 5.73 Å². The Bertz CT molecular complexity index is 124. The van der Waals surface area contributed by atoms with Gasteiger partial charge in [0.15, 0.2) is 0 Å². The van der Waals surface area contributed by atoms with Gasteiger partial charge in [-0.25, -0.2) is 5.73 Å². The van der Waals surface area contributed by atoms with E-state index in [1.54, 1.807) is 4.90 Å². The van der Waals surface area contributed by atoms with Gasteiger partial charge in [-0.15, -0.1) is 0 Å². The number of rotatable bonds is 3. The summed E-state index contributed by atoms with van der Waals surface area (Å²) in [6.45, 7) is 7.72. The number of nitrogens with zero attached hydrogens (tertiary/aromatic N) is 1. The molecule has 0 saturated carbocycles. The molecule has 0 rings (SSSR count). The van der Waals surface area contributed by atoms with Crippen LogP contribution in [0.15, 0.2) is 0 Å². The van der Waals surface area contributed by atoms with Crippen molar-refractivity contribution in [2.75, 3.05) is 6.54 Å². The Labute approximate surface area is 68.6 Å². The highest BCUT2D eigenvalue weighted by Crippen LogP contribution is 2.04. The predicted octanol–water partition coefficient (Wildman–Crippen LogP) is 0.915. The molecule has 1 amide bonds. The zero-order valence-electron chi connectivity index (χ0n) is 7.72. The van der Waals surface area contributed by atoms with Crippen LogP contribution in [-0.2, 0) is 4.79 Å². The van der Waals surface area contributed by atoms with Gasteiger partial charge in [0.1, 0.15) is 0 Å². The second kappa shape index (κ2) is 4.34. The summed E-state index contributed by atoms with van der Waals surface area (Å²) in [4.78, 5) is 12.9. The van der Waals surface area contributed by atoms with Crippen molar-refractivity contribution in [1.82, 2.24) is 10.6 Å². The fourth-order valence-electron chi connectivity index (χ4n) is 1.26. The van der Waals surface area contributed by atoms with E-state index < -0.39 is 0 Å². The van der Waals surface area contributed by atoms with E-state index in [-0.39, 0.29) is 24.5 Å². The standard InChI is InChI=1S/C8H17N2O/c1-6(2)10(7(3)4)8(11)5-9/h6-7,9H,5H2,1-4H3. The van der Waals surface area contributed by atoms with Gasteiger partial charge >= 0.3 is 0 Å². The number of nitrogens with one attached hydrogen (secondary N) is 1. The third-order valence-electron chi connectivity index (χ3n) is 1.55. The van der Waals surface area contributed by atoms with E-state index in [2.05, 4.69) is 0 Å². The van der Waals surface area contributed by atoms with Crippen LogP contribution in [0.2, 0.25) is 0 Å². The highest BCUT2D eigenvalue weighted by atomic mass is 16.2. The Morgan fingerprint density at radius 3 is 1.73 bits per heavy atom. The summed E-state index contributed by atoms with van der Waals surface area (Å²) in [6, 6.07) is 0.403. The number of hydrogen-bond acceptors (Lipinski definition) is 1. The van der Waals surface area contributed by atoms with Gasteiger partial charge in [0, 0.05) is 12.1 Å². The van der Waals surface area contributed by atoms with Crippen LogP contribution in [-0.4, -0.2) is 29.4 Å². The Morgan fingerprint density at radius 2 is 1.64 bits per heavy atom. The largest absolute Gasteiger partial charge is 0.337 e. The molecule has 0 spiro atoms. The lowest BCUT2D eigenvalue weighted by Crippen LogP contribution is -2.43. The summed E-state index contributed by atoms with van der Waals surface area (Å²) in [5, 5.41) is 0. The fourth-order valence-corrected chi connectivity index (χ4v) is 1.26. The summed E-state index contributed by atoms with van der Waals surface area (Å²) in [5.74, 6) is -0.0880. The van der Waals surface area contributed by atoms with E-state index in [4.69, 9.17) is 5.73 Å². The SMILES string of the molecule is CC(C)N(C(=O)C[NH])C(C)C. The topological polar surface area (TPSA) is 44.1 Å². The quantitative estimate of drug-likeness (QED) is 0.600. The first-order valence-corrected chi connectivity index (χ1v) is 3.96. The van der Waals surface area contributed by atoms with Gasteiger partial charge in [-0.3, -0.25) is 4.79 Å². The second-order valence-corrected chi connectivity index (χ2v) is 3.17. The number of carbonyl (C=O) groups excluding carboxylic acids is 1. The molecule has 1 N–H and O–H groups in total. The maximum Gasteiger partial charge on any atom is 0.238 e. The Morgan fingerprint density at radius 1 is 1.27 bits per heavy atom. The monoisotopic (exact) mass is 157 g/mol. The minimum atomic E-state index is -0.143. The van der Waals surface area contributed by atoms with Crippen LogP contribution in [0.1, 0.15) is 27.7 Å². The Kier molecular flexibility index (Phi) is 4.11. The van der Waals surface area contributed by atoms with Gasteiger partial charge in [-0.2, -0.15) is 0 Å². The van der Waals surface area contributed by atoms with E-state index in [0.717, 1.165) is 0 Å². The van der Waals surface area contributed by atoms with Crippen molar-refractivity contribution in [1.29, 1.82) is 0 Å². The van der Waals surface area contributed by atoms with Gasteiger partial charge in [-0.05, 0) is 27.7 Å². The molecular formula is C8H17N2O. The Balaban J connectivity index is 4.22. The zero-order chi connectivity index (χ0) is 9.02. The minimum absolute atomic E-state index is 0.0880. The molecule has 0 saturated heterocycles. The van der Waals surface area contributed by atoms with Crippen LogP contribution >= 0.6 is 0 Å². The molecule has 0 aromatic heterocycles. The first-order valence-electron chi connectivity index (χ1n) is 3.96. The molecule has 0 fully saturated rings. The number of hydrogen-bond donors (Lipinski definition) is 0. The minimum Gasteiger partial charge on any atom is -0.337 e. The fraction of sp³-hybridized carbons (Fsp3) is 0.875. The van der Waals surface area contributed by atoms with Gasteiger partial charge in [0.05, 0.1) is 6.54 Å². The predicted molar refractivity (Wildman–Crippen MR) is 45.1 cm³/mol. The van der Waals surface area contributed by atoms with Gasteiger partial charge in [-0.1, -0.05) is 0 Å². The van der Waals surface area contributed by atoms with E-state index in [0.29, 0.717) is 0 Å². The van der Waals surface area contributed by atoms with E-state index in [1.807, 2.05) is 27.7 Å². The lowest BCUT2D eigenvalue weighted by atomic mass is 10.2. The lowest BCUT2D eigenvalue weighted by molar-refractivity contribution is -0.133. The van der Waals surface area contributed by atoms with Gasteiger partial charge in [0.25, 0.3) is 0 Å². The maximum absolute atomic E-state index is 11.1. The molecule has 0 bridgehead atoms. The molecule has 0 heterocycles. The van der Waals surface area contributed by atoms with Crippen molar-refractivity contribution in [3.63, 3.8) is 0 Å². The van der Waals surface area contributed by atoms with Crippen molar-refractivity contribution >= 4 is 5.91 Å². The average Bonchev–Trinajstić information content (AvgIpc) is 1.85. The summed E-state index contributed by atoms with van der Waals surface area (Å²) in [7, 11) is 0. The molecule has 0 unspecified atom stereocenters. The van der Waals surface area contributed by atoms with Crippen LogP contribution in [0.5, 0.6) is 0 Å². The third-order valence-corrected chi connectivity index (χ3v) is 1.55. The molecule has 0 aromatic carbocycles. The van der Waals surface area contributed by atoms with Crippen LogP contribution in [0.25, 0.3) is 0 Å². The molecule has 0 aliphatic carbocycles. The highest BCUT2D eigenvalue weighted by Gasteiger charge is 2.17. The third kappa shape index (κ3) is 2.89. The Hall–Kier alpha value is -0.570. The van der Waals surface area contributed by atoms with Gasteiger partial charge in [0.2, 0.25) is 5.91 Å². The molecule has 0 aliphatic heterocycles. The smallest absolute Gasteiger partial charge is 0.238 e. The molecule has 3 heteroatoms. The second-order valence-electron chi connectivity index (χ2n) is 3.17. The van der Waals surface area contributed by atoms with E-state index >= 15 is 0 Å². The van der Waals surface area contributed by atoms with E-state index in [1.165, 1.54) is 0 Å². The molecule has 11 heavy (non-hydrogen) atoms. The lowest BCUT2D eigenvalue weighted by Gasteiger charge is -2.30. The highest BCUT2D eigenvalue weighted by molar-refractivity contribution is 5.78. The molecule has 0 aromatic rings. The molecule has 3 nitrogen and oxygen atoms in total. The van der Waals surface area contributed by atoms with Crippen molar-refractivity contribution in [3.8, 4) is 0 Å². The van der Waals surface area contributed by atoms with Crippen LogP contribution in [0, 0.1) is 0 Å². The zero-order valence-corrected chi connectivity index (χ0v) is 7.72. The molecule has 0 aliphatic rings. The van der Waals surface area contributed by atoms with Crippen LogP contribution in [0.4, 0.5) is 0 Å². The van der Waals surface area contributed by atoms with Crippen LogP contribution in [0.3, 0.4) is 0 Å². The molecule has 1 radical (unpaired) electrons. The van der Waals surface area contributed by atoms with Crippen molar-refractivity contribution in [2.45, 2.75) is 39.8 Å². The normalized spacial score (nSPS) is 10.8. The summed E-state index contributed by atoms with van der Waals surface area (Å²) in [6.07, 6.45) is 0.